The molecule has 0 atom stereocenters. The van der Waals surface area contributed by atoms with Crippen molar-refractivity contribution in [2.24, 2.45) is 0 Å². The minimum absolute atomic E-state index is 0.210. The minimum atomic E-state index is -0.210. The molecule has 0 fully saturated rings. The number of nitrogens with one attached hydrogen (secondary N) is 1. The van der Waals surface area contributed by atoms with Crippen LogP contribution in [0.3, 0.4) is 0 Å². The van der Waals surface area contributed by atoms with Crippen LogP contribution in [-0.4, -0.2) is 63.9 Å². The first-order valence-corrected chi connectivity index (χ1v) is 14.9. The van der Waals surface area contributed by atoms with Gasteiger partial charge in [-0.05, 0) is 75.8 Å². The lowest BCUT2D eigenvalue weighted by atomic mass is 10.1. The summed E-state index contributed by atoms with van der Waals surface area (Å²) < 4.78 is 19.1. The first-order chi connectivity index (χ1) is 20.5. The highest BCUT2D eigenvalue weighted by molar-refractivity contribution is 5.76. The van der Waals surface area contributed by atoms with Gasteiger partial charge in [0.05, 0.1) is 19.4 Å². The molecule has 0 saturated heterocycles. The third-order valence-corrected chi connectivity index (χ3v) is 6.92. The Morgan fingerprint density at radius 3 is 2.31 bits per heavy atom. The number of hydrogen-bond acceptors (Lipinski definition) is 9. The zero-order chi connectivity index (χ0) is 29.9. The van der Waals surface area contributed by atoms with E-state index in [4.69, 9.17) is 24.2 Å². The molecule has 10 nitrogen and oxygen atoms in total. The van der Waals surface area contributed by atoms with Gasteiger partial charge >= 0.3 is 0 Å². The topological polar surface area (TPSA) is 104 Å². The fourth-order valence-corrected chi connectivity index (χ4v) is 4.60. The van der Waals surface area contributed by atoms with Crippen LogP contribution in [0.5, 0.6) is 17.2 Å². The molecule has 2 heterocycles. The van der Waals surface area contributed by atoms with Crippen molar-refractivity contribution in [1.82, 2.24) is 24.4 Å². The predicted molar refractivity (Wildman–Crippen MR) is 167 cm³/mol. The molecule has 4 rings (SSSR count). The van der Waals surface area contributed by atoms with E-state index in [0.29, 0.717) is 66.2 Å². The fraction of sp³-hybridized carbons (Fsp3) is 0.438. The van der Waals surface area contributed by atoms with Gasteiger partial charge in [-0.25, -0.2) is 9.97 Å². The van der Waals surface area contributed by atoms with Crippen molar-refractivity contribution in [3.63, 3.8) is 0 Å². The maximum absolute atomic E-state index is 13.8. The second-order valence-electron chi connectivity index (χ2n) is 9.73. The Labute approximate surface area is 247 Å². The summed E-state index contributed by atoms with van der Waals surface area (Å²) >= 11 is 0. The Morgan fingerprint density at radius 2 is 1.62 bits per heavy atom. The first-order valence-electron chi connectivity index (χ1n) is 14.9. The van der Waals surface area contributed by atoms with E-state index in [2.05, 4.69) is 36.0 Å². The highest BCUT2D eigenvalue weighted by Gasteiger charge is 2.17. The van der Waals surface area contributed by atoms with Gasteiger partial charge in [-0.1, -0.05) is 27.2 Å². The van der Waals surface area contributed by atoms with Crippen LogP contribution < -0.4 is 25.1 Å². The molecule has 1 N–H and O–H groups in total. The van der Waals surface area contributed by atoms with E-state index in [0.717, 1.165) is 43.9 Å². The highest BCUT2D eigenvalue weighted by atomic mass is 16.5. The Balaban J connectivity index is 1.61. The largest absolute Gasteiger partial charge is 0.492 e. The van der Waals surface area contributed by atoms with Gasteiger partial charge < -0.3 is 24.4 Å². The number of ether oxygens (including phenoxy) is 3. The molecule has 42 heavy (non-hydrogen) atoms. The van der Waals surface area contributed by atoms with E-state index in [1.54, 1.807) is 10.8 Å². The lowest BCUT2D eigenvalue weighted by Crippen LogP contribution is -2.27. The van der Waals surface area contributed by atoms with E-state index in [-0.39, 0.29) is 5.56 Å². The number of likely N-dealkylation sites (N-methyl/N-ethyl adjacent to an activating group) is 1. The molecular formula is C32H42N6O4. The average Bonchev–Trinajstić information content (AvgIpc) is 3.01. The molecule has 0 unspecified atom stereocenters. The Morgan fingerprint density at radius 1 is 0.881 bits per heavy atom. The van der Waals surface area contributed by atoms with Crippen molar-refractivity contribution < 1.29 is 14.2 Å². The molecule has 4 aromatic rings. The van der Waals surface area contributed by atoms with Crippen molar-refractivity contribution in [3.05, 3.63) is 59.0 Å². The second-order valence-corrected chi connectivity index (χ2v) is 9.73. The van der Waals surface area contributed by atoms with Gasteiger partial charge in [-0.15, -0.1) is 0 Å². The molecule has 0 aliphatic carbocycles. The van der Waals surface area contributed by atoms with Crippen LogP contribution in [0.15, 0.2) is 53.5 Å². The van der Waals surface area contributed by atoms with Crippen molar-refractivity contribution >= 4 is 22.8 Å². The van der Waals surface area contributed by atoms with E-state index >= 15 is 0 Å². The molecule has 0 amide bonds. The summed E-state index contributed by atoms with van der Waals surface area (Å²) in [5.41, 5.74) is 2.61. The lowest BCUT2D eigenvalue weighted by molar-refractivity contribution is 0.223. The number of anilines is 2. The Bertz CT molecular complexity index is 1500. The number of nitrogens with zero attached hydrogens (tertiary/aromatic N) is 5. The van der Waals surface area contributed by atoms with E-state index < -0.39 is 0 Å². The van der Waals surface area contributed by atoms with E-state index in [1.807, 2.05) is 56.3 Å². The zero-order valence-corrected chi connectivity index (χ0v) is 25.4. The van der Waals surface area contributed by atoms with Crippen LogP contribution in [0.1, 0.15) is 47.5 Å². The number of hydrogen-bond donors (Lipinski definition) is 1. The number of rotatable bonds is 16. The van der Waals surface area contributed by atoms with Gasteiger partial charge in [0, 0.05) is 24.3 Å². The zero-order valence-electron chi connectivity index (χ0n) is 25.4. The van der Waals surface area contributed by atoms with Crippen molar-refractivity contribution in [2.75, 3.05) is 44.8 Å². The average molecular weight is 575 g/mol. The highest BCUT2D eigenvalue weighted by Crippen LogP contribution is 2.32. The van der Waals surface area contributed by atoms with Crippen molar-refractivity contribution in [1.29, 1.82) is 0 Å². The van der Waals surface area contributed by atoms with Crippen LogP contribution >= 0.6 is 0 Å². The summed E-state index contributed by atoms with van der Waals surface area (Å²) in [4.78, 5) is 30.0. The summed E-state index contributed by atoms with van der Waals surface area (Å²) in [6.07, 6.45) is 3.41. The van der Waals surface area contributed by atoms with Gasteiger partial charge in [0.25, 0.3) is 5.56 Å². The summed E-state index contributed by atoms with van der Waals surface area (Å²) in [5, 5.41) is 3.25. The normalized spacial score (nSPS) is 11.2. The van der Waals surface area contributed by atoms with Crippen LogP contribution in [0, 0.1) is 0 Å². The lowest BCUT2D eigenvalue weighted by Gasteiger charge is -2.18. The molecule has 10 heteroatoms. The molecule has 2 aromatic heterocycles. The van der Waals surface area contributed by atoms with Crippen LogP contribution in [-0.2, 0) is 6.54 Å². The van der Waals surface area contributed by atoms with Gasteiger partial charge in [0.15, 0.2) is 17.1 Å². The molecule has 0 saturated carbocycles. The van der Waals surface area contributed by atoms with E-state index in [1.165, 1.54) is 0 Å². The first kappa shape index (κ1) is 30.8. The Kier molecular flexibility index (Phi) is 11.1. The van der Waals surface area contributed by atoms with Gasteiger partial charge in [-0.3, -0.25) is 9.36 Å². The fourth-order valence-electron chi connectivity index (χ4n) is 4.60. The van der Waals surface area contributed by atoms with Crippen molar-refractivity contribution in [3.8, 4) is 28.5 Å². The maximum Gasteiger partial charge on any atom is 0.278 e. The molecule has 0 radical (unpaired) electrons. The van der Waals surface area contributed by atoms with Gasteiger partial charge in [0.1, 0.15) is 23.6 Å². The minimum Gasteiger partial charge on any atom is -0.492 e. The third-order valence-electron chi connectivity index (χ3n) is 6.92. The molecule has 0 aliphatic rings. The smallest absolute Gasteiger partial charge is 0.278 e. The standard InChI is InChI=1S/C32H42N6O4/c1-6-11-18-38-30-26(35-29(31(38)39)23-12-17-27(40-9-4)28(21-23)41-10-5)22-33-32(36-30)34-24-13-15-25(16-14-24)42-20-19-37(7-2)8-3/h12-17,21-22H,6-11,18-20H2,1-5H3,(H,33,34,36). The molecule has 224 valence electrons. The maximum atomic E-state index is 13.8. The van der Waals surface area contributed by atoms with Gasteiger partial charge in [0.2, 0.25) is 5.95 Å². The number of unbranched alkanes of at least 4 members (excludes halogenated alkanes) is 1. The summed E-state index contributed by atoms with van der Waals surface area (Å²) in [6.45, 7) is 15.3. The monoisotopic (exact) mass is 574 g/mol. The summed E-state index contributed by atoms with van der Waals surface area (Å²) in [6, 6.07) is 13.1. The summed E-state index contributed by atoms with van der Waals surface area (Å²) in [7, 11) is 0. The van der Waals surface area contributed by atoms with E-state index in [9.17, 15) is 4.79 Å². The quantitative estimate of drug-likeness (QED) is 0.175. The summed E-state index contributed by atoms with van der Waals surface area (Å²) in [5.74, 6) is 2.40. The number of benzene rings is 2. The molecule has 0 bridgehead atoms. The van der Waals surface area contributed by atoms with Crippen LogP contribution in [0.4, 0.5) is 11.6 Å². The van der Waals surface area contributed by atoms with Crippen molar-refractivity contribution in [2.45, 2.75) is 54.0 Å². The number of aryl methyl sites for hydroxylation is 1. The molecule has 2 aromatic carbocycles. The predicted octanol–water partition coefficient (Wildman–Crippen LogP) is 5.92. The van der Waals surface area contributed by atoms with Crippen LogP contribution in [0.25, 0.3) is 22.4 Å². The van der Waals surface area contributed by atoms with Gasteiger partial charge in [-0.2, -0.15) is 4.98 Å². The SMILES string of the molecule is CCCCn1c(=O)c(-c2ccc(OCC)c(OCC)c2)nc2cnc(Nc3ccc(OCCN(CC)CC)cc3)nc21. The Hall–Kier alpha value is -4.18. The second kappa shape index (κ2) is 15.2. The molecular weight excluding hydrogens is 532 g/mol. The third kappa shape index (κ3) is 7.55. The number of aromatic nitrogens is 4. The molecule has 0 aliphatic heterocycles. The molecule has 0 spiro atoms. The van der Waals surface area contributed by atoms with Crippen LogP contribution in [0.2, 0.25) is 0 Å². The number of fused-ring (bicyclic) bond motifs is 1.